The van der Waals surface area contributed by atoms with Crippen molar-refractivity contribution in [2.75, 3.05) is 0 Å². The summed E-state index contributed by atoms with van der Waals surface area (Å²) in [7, 11) is 0. The number of rotatable bonds is 8. The Morgan fingerprint density at radius 3 is 1.27 bits per heavy atom. The molecular weight excluding hydrogens is 723 g/mol. The monoisotopic (exact) mass is 758 g/mol. The van der Waals surface area contributed by atoms with Gasteiger partial charge in [-0.2, -0.15) is 0 Å². The molecule has 5 heteroatoms. The molecule has 2 aromatic heterocycles. The zero-order valence-corrected chi connectivity index (χ0v) is 32.2. The summed E-state index contributed by atoms with van der Waals surface area (Å²) in [5, 5.41) is 0. The molecule has 0 saturated carbocycles. The molecule has 6 aromatic rings. The zero-order chi connectivity index (χ0) is 32.1. The van der Waals surface area contributed by atoms with Crippen LogP contribution in [-0.4, -0.2) is 0 Å². The predicted octanol–water partition coefficient (Wildman–Crippen LogP) is 5.71. The topological polar surface area (TPSA) is 26.3 Å². The van der Waals surface area contributed by atoms with Crippen molar-refractivity contribution in [3.05, 3.63) is 172 Å². The third kappa shape index (κ3) is 6.54. The van der Waals surface area contributed by atoms with Crippen LogP contribution in [0.2, 0.25) is 0 Å². The Kier molecular flexibility index (Phi) is 10.6. The second kappa shape index (κ2) is 14.7. The molecule has 0 N–H and O–H groups in total. The largest absolute Gasteiger partial charge is 1.00 e. The quantitative estimate of drug-likeness (QED) is 0.199. The zero-order valence-electron chi connectivity index (χ0n) is 28.2. The fourth-order valence-corrected chi connectivity index (χ4v) is 11.4. The van der Waals surface area contributed by atoms with Gasteiger partial charge in [0.25, 0.3) is 0 Å². The van der Waals surface area contributed by atoms with Crippen molar-refractivity contribution in [2.45, 2.75) is 52.4 Å². The molecule has 0 aliphatic heterocycles. The summed E-state index contributed by atoms with van der Waals surface area (Å²) < 4.78 is 15.9. The number of hydrogen-bond donors (Lipinski definition) is 0. The van der Waals surface area contributed by atoms with Gasteiger partial charge >= 0.3 is 291 Å². The van der Waals surface area contributed by atoms with Gasteiger partial charge in [-0.25, -0.2) is 0 Å². The second-order valence-corrected chi connectivity index (χ2v) is 16.3. The van der Waals surface area contributed by atoms with Crippen LogP contribution in [0.25, 0.3) is 34.4 Å². The maximum Gasteiger partial charge on any atom is -1.00 e. The third-order valence-corrected chi connectivity index (χ3v) is 13.4. The molecule has 0 fully saturated rings. The van der Waals surface area contributed by atoms with Crippen LogP contribution >= 0.6 is 0 Å². The Balaban J connectivity index is 0.00000208. The molecule has 49 heavy (non-hydrogen) atoms. The molecule has 0 radical (unpaired) electrons. The Morgan fingerprint density at radius 1 is 0.510 bits per heavy atom. The van der Waals surface area contributed by atoms with E-state index in [4.69, 9.17) is 8.83 Å². The van der Waals surface area contributed by atoms with E-state index >= 15 is 0 Å². The molecule has 244 valence electrons. The Morgan fingerprint density at radius 2 is 0.918 bits per heavy atom. The number of benzene rings is 4. The van der Waals surface area contributed by atoms with Crippen LogP contribution in [0.15, 0.2) is 125 Å². The van der Waals surface area contributed by atoms with Crippen LogP contribution in [0.3, 0.4) is 0 Å². The molecule has 8 rings (SSSR count). The Hall–Kier alpha value is -3.62. The van der Waals surface area contributed by atoms with Crippen LogP contribution in [0.1, 0.15) is 82.1 Å². The van der Waals surface area contributed by atoms with Gasteiger partial charge in [-0.15, -0.1) is 0 Å². The van der Waals surface area contributed by atoms with Crippen molar-refractivity contribution < 1.29 is 56.9 Å². The van der Waals surface area contributed by atoms with E-state index in [1.165, 1.54) is 62.2 Å². The summed E-state index contributed by atoms with van der Waals surface area (Å²) >= 11 is -1.33. The molecule has 2 heterocycles. The molecule has 4 aromatic carbocycles. The van der Waals surface area contributed by atoms with Gasteiger partial charge in [-0.1, -0.05) is 0 Å². The molecule has 0 saturated heterocycles. The second-order valence-electron chi connectivity index (χ2n) is 12.8. The fraction of sp³-hybridized carbons (Fsp3) is 0.182. The van der Waals surface area contributed by atoms with E-state index < -0.39 is 23.2 Å². The van der Waals surface area contributed by atoms with Crippen LogP contribution < -0.4 is 24.8 Å². The third-order valence-electron chi connectivity index (χ3n) is 9.85. The Labute approximate surface area is 313 Å². The number of hydrogen-bond acceptors (Lipinski definition) is 2. The van der Waals surface area contributed by atoms with Gasteiger partial charge < -0.3 is 24.8 Å². The summed E-state index contributed by atoms with van der Waals surface area (Å²) in [5.41, 5.74) is 13.2. The maximum atomic E-state index is 6.42. The van der Waals surface area contributed by atoms with Crippen molar-refractivity contribution >= 4 is 12.2 Å². The van der Waals surface area contributed by atoms with Gasteiger partial charge in [-0.3, -0.25) is 0 Å². The molecule has 2 unspecified atom stereocenters. The number of fused-ring (bicyclic) bond motifs is 2. The number of furan rings is 2. The van der Waals surface area contributed by atoms with Crippen LogP contribution in [0.4, 0.5) is 0 Å². The van der Waals surface area contributed by atoms with E-state index in [1.54, 1.807) is 0 Å². The predicted molar refractivity (Wildman–Crippen MR) is 189 cm³/mol. The van der Waals surface area contributed by atoms with E-state index in [0.29, 0.717) is 0 Å². The van der Waals surface area contributed by atoms with Gasteiger partial charge in [0, 0.05) is 0 Å². The summed E-state index contributed by atoms with van der Waals surface area (Å²) in [6, 6.07) is 40.4. The van der Waals surface area contributed by atoms with E-state index in [-0.39, 0.29) is 36.6 Å². The first-order valence-electron chi connectivity index (χ1n) is 16.8. The van der Waals surface area contributed by atoms with Crippen LogP contribution in [-0.2, 0) is 36.1 Å². The van der Waals surface area contributed by atoms with E-state index in [1.807, 2.05) is 0 Å². The molecule has 0 amide bonds. The number of halogens is 2. The van der Waals surface area contributed by atoms with Gasteiger partial charge in [0.1, 0.15) is 0 Å². The van der Waals surface area contributed by atoms with Crippen LogP contribution in [0.5, 0.6) is 0 Å². The molecule has 2 aliphatic rings. The summed E-state index contributed by atoms with van der Waals surface area (Å²) in [5.74, 6) is 4.27. The minimum absolute atomic E-state index is 0. The molecule has 0 spiro atoms. The average Bonchev–Trinajstić information content (AvgIpc) is 3.89. The number of allylic oxidation sites excluding steroid dienone is 2. The van der Waals surface area contributed by atoms with E-state index in [2.05, 4.69) is 149 Å². The van der Waals surface area contributed by atoms with Gasteiger partial charge in [0.15, 0.2) is 0 Å². The maximum absolute atomic E-state index is 6.42. The minimum atomic E-state index is -1.33. The van der Waals surface area contributed by atoms with Crippen molar-refractivity contribution in [3.63, 3.8) is 0 Å². The van der Waals surface area contributed by atoms with E-state index in [0.717, 1.165) is 35.9 Å². The average molecular weight is 761 g/mol. The van der Waals surface area contributed by atoms with Gasteiger partial charge in [0.05, 0.1) is 0 Å². The first-order valence-corrected chi connectivity index (χ1v) is 19.2. The first-order chi connectivity index (χ1) is 23.0. The van der Waals surface area contributed by atoms with Crippen molar-refractivity contribution in [3.8, 4) is 22.3 Å². The van der Waals surface area contributed by atoms with Crippen molar-refractivity contribution in [1.29, 1.82) is 0 Å². The molecular formula is C44H38Cl2O2Zr. The van der Waals surface area contributed by atoms with Crippen molar-refractivity contribution in [1.82, 2.24) is 0 Å². The standard InChI is InChI=1S/2C22H19O.2ClH.Zr/c2*1-3-16-8-10-17(11-9-16)18-5-4-6-19-20(18)12-13-21(19)22-14-7-15(2)23-22;;;/h2*4-12,14,21H,3H2,1-2H3;2*1H;/q;;;;+2/p-2. The Bertz CT molecular complexity index is 2010. The van der Waals surface area contributed by atoms with E-state index in [9.17, 15) is 0 Å². The van der Waals surface area contributed by atoms with Crippen molar-refractivity contribution in [2.24, 2.45) is 0 Å². The smallest absolute Gasteiger partial charge is 1.00 e. The summed E-state index contributed by atoms with van der Waals surface area (Å²) in [6.45, 7) is 8.52. The number of aryl methyl sites for hydroxylation is 4. The van der Waals surface area contributed by atoms with Gasteiger partial charge in [-0.05, 0) is 0 Å². The van der Waals surface area contributed by atoms with Crippen LogP contribution in [0, 0.1) is 13.8 Å². The molecule has 2 nitrogen and oxygen atoms in total. The first kappa shape index (κ1) is 35.2. The fourth-order valence-electron chi connectivity index (χ4n) is 7.36. The molecule has 2 atom stereocenters. The molecule has 0 bridgehead atoms. The van der Waals surface area contributed by atoms with Gasteiger partial charge in [0.2, 0.25) is 0 Å². The molecule has 2 aliphatic carbocycles. The summed E-state index contributed by atoms with van der Waals surface area (Å²) in [6.07, 6.45) is 7.13. The SMILES string of the molecule is CCc1ccc(-c2cccc3c2C=[C]([Zr+2][C]2=Cc4c(-c5ccc(CC)cc5)cccc4C2c2ccc(C)o2)C3c2ccc(C)o2)cc1.[Cl-].[Cl-]. The summed E-state index contributed by atoms with van der Waals surface area (Å²) in [4.78, 5) is 0. The normalized spacial score (nSPS) is 15.8. The minimum Gasteiger partial charge on any atom is -1.00 e.